The third kappa shape index (κ3) is 5.45. The van der Waals surface area contributed by atoms with Gasteiger partial charge in [0, 0.05) is 0 Å². The van der Waals surface area contributed by atoms with Crippen LogP contribution >= 0.6 is 0 Å². The molecular formula is C20H24OSn. The van der Waals surface area contributed by atoms with Crippen molar-refractivity contribution in [2.45, 2.75) is 25.7 Å². The maximum atomic E-state index is 12.5. The van der Waals surface area contributed by atoms with E-state index < -0.39 is 18.4 Å². The number of allylic oxidation sites excluding steroid dienone is 2. The summed E-state index contributed by atoms with van der Waals surface area (Å²) in [6.07, 6.45) is 2.79. The molecule has 22 heavy (non-hydrogen) atoms. The number of hydrogen-bond donors (Lipinski definition) is 0. The zero-order valence-electron chi connectivity index (χ0n) is 13.7. The molecule has 2 heteroatoms. The van der Waals surface area contributed by atoms with Crippen molar-refractivity contribution in [2.75, 3.05) is 0 Å². The van der Waals surface area contributed by atoms with E-state index in [0.29, 0.717) is 6.42 Å². The second-order valence-electron chi connectivity index (χ2n) is 6.83. The van der Waals surface area contributed by atoms with Gasteiger partial charge in [-0.2, -0.15) is 0 Å². The van der Waals surface area contributed by atoms with Crippen LogP contribution in [0.5, 0.6) is 0 Å². The van der Waals surface area contributed by atoms with E-state index in [1.54, 1.807) is 0 Å². The summed E-state index contributed by atoms with van der Waals surface area (Å²) in [7, 11) is 0. The number of rotatable bonds is 6. The molecule has 2 aromatic carbocycles. The normalized spacial score (nSPS) is 12.2. The quantitative estimate of drug-likeness (QED) is 0.451. The fourth-order valence-electron chi connectivity index (χ4n) is 2.27. The molecule has 0 aliphatic rings. The molecule has 0 atom stereocenters. The van der Waals surface area contributed by atoms with Crippen molar-refractivity contribution in [3.63, 3.8) is 0 Å². The number of carbonyl (C=O) groups is 1. The van der Waals surface area contributed by atoms with Crippen molar-refractivity contribution >= 4 is 29.7 Å². The van der Waals surface area contributed by atoms with Crippen molar-refractivity contribution in [3.05, 3.63) is 77.9 Å². The van der Waals surface area contributed by atoms with Gasteiger partial charge < -0.3 is 0 Å². The van der Waals surface area contributed by atoms with Crippen LogP contribution in [0.2, 0.25) is 19.3 Å². The Bertz CT molecular complexity index is 636. The van der Waals surface area contributed by atoms with Crippen LogP contribution < -0.4 is 0 Å². The Balaban J connectivity index is 2.24. The van der Waals surface area contributed by atoms with Crippen molar-refractivity contribution in [1.29, 1.82) is 0 Å². The second kappa shape index (κ2) is 7.77. The van der Waals surface area contributed by atoms with Gasteiger partial charge in [0.1, 0.15) is 0 Å². The van der Waals surface area contributed by atoms with Gasteiger partial charge in [0.15, 0.2) is 0 Å². The Hall–Kier alpha value is -1.35. The Morgan fingerprint density at radius 3 is 1.86 bits per heavy atom. The summed E-state index contributed by atoms with van der Waals surface area (Å²) in [6, 6.07) is 19.9. The molecule has 0 aromatic heterocycles. The minimum absolute atomic E-state index is 0.194. The molecule has 2 rings (SSSR count). The van der Waals surface area contributed by atoms with Crippen molar-refractivity contribution < 1.29 is 4.79 Å². The Labute approximate surface area is 137 Å². The van der Waals surface area contributed by atoms with Crippen LogP contribution in [0.1, 0.15) is 22.3 Å². The van der Waals surface area contributed by atoms with Gasteiger partial charge in [-0.3, -0.25) is 0 Å². The van der Waals surface area contributed by atoms with Crippen LogP contribution in [0.3, 0.4) is 0 Å². The van der Waals surface area contributed by atoms with E-state index in [1.807, 2.05) is 48.5 Å². The molecule has 0 radical (unpaired) electrons. The molecule has 1 nitrogen and oxygen atoms in total. The van der Waals surface area contributed by atoms with Gasteiger partial charge in [0.2, 0.25) is 0 Å². The topological polar surface area (TPSA) is 17.1 Å². The van der Waals surface area contributed by atoms with Crippen LogP contribution in [-0.4, -0.2) is 24.2 Å². The van der Waals surface area contributed by atoms with Gasteiger partial charge >= 0.3 is 138 Å². The molecule has 0 N–H and O–H groups in total. The van der Waals surface area contributed by atoms with E-state index >= 15 is 0 Å². The second-order valence-corrected chi connectivity index (χ2v) is 22.6. The van der Waals surface area contributed by atoms with Crippen molar-refractivity contribution in [3.8, 4) is 0 Å². The molecule has 114 valence electrons. The Morgan fingerprint density at radius 2 is 1.36 bits per heavy atom. The SMILES string of the molecule is [CH3][Sn]([CH3])([CH3])[CH2]/C=C(/CC(=O)c1ccccc1)c1ccccc1. The molecule has 0 saturated heterocycles. The van der Waals surface area contributed by atoms with E-state index in [0.717, 1.165) is 5.56 Å². The molecule has 0 aliphatic heterocycles. The fraction of sp³-hybridized carbons (Fsp3) is 0.250. The Morgan fingerprint density at radius 1 is 0.864 bits per heavy atom. The molecule has 0 fully saturated rings. The summed E-state index contributed by atoms with van der Waals surface area (Å²) in [4.78, 5) is 19.8. The number of benzene rings is 2. The third-order valence-corrected chi connectivity index (χ3v) is 7.63. The zero-order chi connectivity index (χ0) is 16.0. The average Bonchev–Trinajstić information content (AvgIpc) is 2.52. The number of Topliss-reactive ketones (excluding diaryl/α,β-unsaturated/α-hetero) is 1. The van der Waals surface area contributed by atoms with E-state index in [9.17, 15) is 4.79 Å². The molecule has 0 unspecified atom stereocenters. The number of carbonyl (C=O) groups excluding carboxylic acids is 1. The molecular weight excluding hydrogens is 375 g/mol. The zero-order valence-corrected chi connectivity index (χ0v) is 16.5. The molecule has 0 amide bonds. The predicted molar refractivity (Wildman–Crippen MR) is 98.0 cm³/mol. The van der Waals surface area contributed by atoms with E-state index in [4.69, 9.17) is 0 Å². The van der Waals surface area contributed by atoms with Crippen molar-refractivity contribution in [2.24, 2.45) is 0 Å². The summed E-state index contributed by atoms with van der Waals surface area (Å²) < 4.78 is 1.17. The summed E-state index contributed by atoms with van der Waals surface area (Å²) in [5, 5.41) is 0. The van der Waals surface area contributed by atoms with E-state index in [-0.39, 0.29) is 5.78 Å². The van der Waals surface area contributed by atoms with Crippen molar-refractivity contribution in [1.82, 2.24) is 0 Å². The standard InChI is InChI=1S/C17H15O.3CH3.Sn/c1-2-14(15-9-5-3-6-10-15)13-17(18)16-11-7-4-8-12-16;;;;/h2-12H,1,13H2;3*1H3;/b14-2-;;;;. The summed E-state index contributed by atoms with van der Waals surface area (Å²) in [5.41, 5.74) is 3.13. The first-order valence-corrected chi connectivity index (χ1v) is 18.4. The average molecular weight is 399 g/mol. The van der Waals surface area contributed by atoms with Crippen LogP contribution in [-0.2, 0) is 0 Å². The monoisotopic (exact) mass is 400 g/mol. The van der Waals surface area contributed by atoms with Gasteiger partial charge in [0.25, 0.3) is 0 Å². The first-order chi connectivity index (χ1) is 10.5. The van der Waals surface area contributed by atoms with Gasteiger partial charge in [-0.15, -0.1) is 0 Å². The molecule has 2 aromatic rings. The predicted octanol–water partition coefficient (Wildman–Crippen LogP) is 5.68. The third-order valence-electron chi connectivity index (χ3n) is 3.55. The fourth-order valence-corrected chi connectivity index (χ4v) is 4.72. The van der Waals surface area contributed by atoms with Crippen LogP contribution in [0.4, 0.5) is 0 Å². The van der Waals surface area contributed by atoms with E-state index in [1.165, 1.54) is 15.6 Å². The van der Waals surface area contributed by atoms with Gasteiger partial charge in [-0.05, 0) is 0 Å². The van der Waals surface area contributed by atoms with Crippen LogP contribution in [0.15, 0.2) is 66.7 Å². The number of ketones is 1. The van der Waals surface area contributed by atoms with Gasteiger partial charge in [0.05, 0.1) is 0 Å². The minimum atomic E-state index is -1.88. The maximum absolute atomic E-state index is 12.5. The summed E-state index contributed by atoms with van der Waals surface area (Å²) >= 11 is -1.88. The molecule has 0 aliphatic carbocycles. The summed E-state index contributed by atoms with van der Waals surface area (Å²) in [6.45, 7) is 0. The number of hydrogen-bond acceptors (Lipinski definition) is 1. The molecule has 0 saturated carbocycles. The first kappa shape index (κ1) is 17.0. The van der Waals surface area contributed by atoms with Crippen LogP contribution in [0, 0.1) is 0 Å². The Kier molecular flexibility index (Phi) is 6.01. The summed E-state index contributed by atoms with van der Waals surface area (Å²) in [5.74, 6) is 0.194. The first-order valence-electron chi connectivity index (χ1n) is 7.78. The molecule has 0 heterocycles. The van der Waals surface area contributed by atoms with Crippen LogP contribution in [0.25, 0.3) is 5.57 Å². The van der Waals surface area contributed by atoms with Gasteiger partial charge in [-0.1, -0.05) is 0 Å². The van der Waals surface area contributed by atoms with E-state index in [2.05, 4.69) is 33.0 Å². The van der Waals surface area contributed by atoms with Gasteiger partial charge in [-0.25, -0.2) is 0 Å². The molecule has 0 bridgehead atoms. The molecule has 0 spiro atoms.